The number of hydrogen-bond acceptors (Lipinski definition) is 4. The molecule has 0 radical (unpaired) electrons. The Bertz CT molecular complexity index is 434. The second-order valence-corrected chi connectivity index (χ2v) is 7.34. The molecule has 2 aliphatic heterocycles. The number of piperidine rings is 2. The number of nitrogens with zero attached hydrogens (tertiary/aromatic N) is 2. The Kier molecular flexibility index (Phi) is 5.57. The van der Waals surface area contributed by atoms with Crippen LogP contribution in [0.2, 0.25) is 0 Å². The maximum Gasteiger partial charge on any atom is 0.309 e. The van der Waals surface area contributed by atoms with Crippen molar-refractivity contribution in [1.82, 2.24) is 9.80 Å². The molecule has 3 rings (SSSR count). The van der Waals surface area contributed by atoms with Crippen molar-refractivity contribution >= 4 is 11.9 Å². The van der Waals surface area contributed by atoms with Gasteiger partial charge in [0.15, 0.2) is 0 Å². The lowest BCUT2D eigenvalue weighted by Crippen LogP contribution is -2.52. The van der Waals surface area contributed by atoms with Crippen LogP contribution in [0.25, 0.3) is 0 Å². The fraction of sp³-hybridized carbons (Fsp3) is 0.889. The van der Waals surface area contributed by atoms with Crippen LogP contribution in [0.1, 0.15) is 51.4 Å². The molecule has 0 aromatic heterocycles. The second kappa shape index (κ2) is 7.65. The van der Waals surface area contributed by atoms with Gasteiger partial charge in [-0.15, -0.1) is 0 Å². The van der Waals surface area contributed by atoms with Gasteiger partial charge in [-0.1, -0.05) is 12.8 Å². The number of carbonyl (C=O) groups is 2. The van der Waals surface area contributed by atoms with Crippen LogP contribution >= 0.6 is 0 Å². The molecular formula is C18H30N2O3. The molecule has 3 atom stereocenters. The number of carbonyl (C=O) groups excluding carboxylic acids is 2. The van der Waals surface area contributed by atoms with E-state index in [0.29, 0.717) is 6.04 Å². The largest absolute Gasteiger partial charge is 0.469 e. The summed E-state index contributed by atoms with van der Waals surface area (Å²) in [7, 11) is 1.43. The molecule has 3 unspecified atom stereocenters. The molecule has 5 heteroatoms. The van der Waals surface area contributed by atoms with E-state index in [1.807, 2.05) is 4.90 Å². The zero-order valence-electron chi connectivity index (χ0n) is 14.3. The molecule has 23 heavy (non-hydrogen) atoms. The highest BCUT2D eigenvalue weighted by molar-refractivity contribution is 5.86. The summed E-state index contributed by atoms with van der Waals surface area (Å²) in [4.78, 5) is 29.5. The molecule has 1 amide bonds. The van der Waals surface area contributed by atoms with E-state index in [-0.39, 0.29) is 23.7 Å². The van der Waals surface area contributed by atoms with Crippen molar-refractivity contribution in [3.63, 3.8) is 0 Å². The van der Waals surface area contributed by atoms with E-state index in [0.717, 1.165) is 38.8 Å². The molecule has 0 spiro atoms. The fourth-order valence-corrected chi connectivity index (χ4v) is 4.66. The van der Waals surface area contributed by atoms with Crippen LogP contribution in [-0.2, 0) is 14.3 Å². The van der Waals surface area contributed by atoms with Gasteiger partial charge in [-0.25, -0.2) is 0 Å². The minimum absolute atomic E-state index is 0.150. The minimum atomic E-state index is -0.220. The molecule has 0 aromatic rings. The van der Waals surface area contributed by atoms with E-state index in [1.54, 1.807) is 0 Å². The third kappa shape index (κ3) is 3.70. The highest BCUT2D eigenvalue weighted by Gasteiger charge is 2.41. The molecule has 2 saturated heterocycles. The number of ether oxygens (including phenoxy) is 1. The zero-order chi connectivity index (χ0) is 16.2. The Labute approximate surface area is 139 Å². The average molecular weight is 322 g/mol. The molecule has 3 fully saturated rings. The third-order valence-corrected chi connectivity index (χ3v) is 5.95. The average Bonchev–Trinajstić information content (AvgIpc) is 3.11. The first-order valence-corrected chi connectivity index (χ1v) is 9.31. The SMILES string of the molecule is COC(=O)C1CCCC1C(=O)N1CCCC(N2CCCCC2)C1. The van der Waals surface area contributed by atoms with E-state index in [9.17, 15) is 9.59 Å². The van der Waals surface area contributed by atoms with Gasteiger partial charge in [-0.05, 0) is 51.6 Å². The van der Waals surface area contributed by atoms with Crippen LogP contribution in [0.4, 0.5) is 0 Å². The number of hydrogen-bond donors (Lipinski definition) is 0. The maximum absolute atomic E-state index is 13.0. The second-order valence-electron chi connectivity index (χ2n) is 7.34. The van der Waals surface area contributed by atoms with Crippen LogP contribution in [-0.4, -0.2) is 61.0 Å². The maximum atomic E-state index is 13.0. The van der Waals surface area contributed by atoms with E-state index in [1.165, 1.54) is 45.9 Å². The molecule has 0 N–H and O–H groups in total. The van der Waals surface area contributed by atoms with E-state index >= 15 is 0 Å². The fourth-order valence-electron chi connectivity index (χ4n) is 4.66. The zero-order valence-corrected chi connectivity index (χ0v) is 14.3. The van der Waals surface area contributed by atoms with Gasteiger partial charge < -0.3 is 9.64 Å². The molecule has 0 aromatic carbocycles. The van der Waals surface area contributed by atoms with Crippen LogP contribution < -0.4 is 0 Å². The van der Waals surface area contributed by atoms with Crippen molar-refractivity contribution in [2.24, 2.45) is 11.8 Å². The first kappa shape index (κ1) is 16.7. The van der Waals surface area contributed by atoms with Crippen LogP contribution in [0.15, 0.2) is 0 Å². The van der Waals surface area contributed by atoms with Crippen LogP contribution in [0.3, 0.4) is 0 Å². The molecule has 1 saturated carbocycles. The molecule has 5 nitrogen and oxygen atoms in total. The highest BCUT2D eigenvalue weighted by Crippen LogP contribution is 2.35. The van der Waals surface area contributed by atoms with Gasteiger partial charge in [0.05, 0.1) is 18.9 Å². The molecule has 2 heterocycles. The van der Waals surface area contributed by atoms with Crippen molar-refractivity contribution in [2.75, 3.05) is 33.3 Å². The lowest BCUT2D eigenvalue weighted by atomic mass is 9.93. The van der Waals surface area contributed by atoms with Crippen molar-refractivity contribution in [3.8, 4) is 0 Å². The number of likely N-dealkylation sites (tertiary alicyclic amines) is 2. The Morgan fingerprint density at radius 2 is 1.61 bits per heavy atom. The summed E-state index contributed by atoms with van der Waals surface area (Å²) in [5.41, 5.74) is 0. The number of amides is 1. The lowest BCUT2D eigenvalue weighted by Gasteiger charge is -2.42. The molecule has 1 aliphatic carbocycles. The van der Waals surface area contributed by atoms with Crippen molar-refractivity contribution < 1.29 is 14.3 Å². The number of rotatable bonds is 3. The van der Waals surface area contributed by atoms with E-state index in [4.69, 9.17) is 4.74 Å². The summed E-state index contributed by atoms with van der Waals surface area (Å²) in [6, 6.07) is 0.519. The first-order chi connectivity index (χ1) is 11.2. The summed E-state index contributed by atoms with van der Waals surface area (Å²) < 4.78 is 4.90. The van der Waals surface area contributed by atoms with Gasteiger partial charge in [0.1, 0.15) is 0 Å². The van der Waals surface area contributed by atoms with Crippen LogP contribution in [0.5, 0.6) is 0 Å². The predicted octanol–water partition coefficient (Wildman–Crippen LogP) is 2.05. The third-order valence-electron chi connectivity index (χ3n) is 5.95. The summed E-state index contributed by atoms with van der Waals surface area (Å²) in [6.07, 6.45) is 8.80. The van der Waals surface area contributed by atoms with Crippen molar-refractivity contribution in [3.05, 3.63) is 0 Å². The highest BCUT2D eigenvalue weighted by atomic mass is 16.5. The summed E-state index contributed by atoms with van der Waals surface area (Å²) >= 11 is 0. The van der Waals surface area contributed by atoms with E-state index < -0.39 is 0 Å². The molecule has 3 aliphatic rings. The van der Waals surface area contributed by atoms with Gasteiger partial charge >= 0.3 is 5.97 Å². The standard InChI is InChI=1S/C18H30N2O3/c1-23-18(22)16-9-5-8-15(16)17(21)20-12-6-7-14(13-20)19-10-3-2-4-11-19/h14-16H,2-13H2,1H3. The van der Waals surface area contributed by atoms with Gasteiger partial charge in [0.25, 0.3) is 0 Å². The van der Waals surface area contributed by atoms with Gasteiger partial charge in [0.2, 0.25) is 5.91 Å². The number of esters is 1. The van der Waals surface area contributed by atoms with E-state index in [2.05, 4.69) is 4.90 Å². The molecule has 0 bridgehead atoms. The van der Waals surface area contributed by atoms with Gasteiger partial charge in [-0.3, -0.25) is 14.5 Å². The lowest BCUT2D eigenvalue weighted by molar-refractivity contribution is -0.152. The smallest absolute Gasteiger partial charge is 0.309 e. The van der Waals surface area contributed by atoms with Crippen LogP contribution in [0, 0.1) is 11.8 Å². The quantitative estimate of drug-likeness (QED) is 0.746. The summed E-state index contributed by atoms with van der Waals surface area (Å²) in [6.45, 7) is 4.07. The van der Waals surface area contributed by atoms with Gasteiger partial charge in [-0.2, -0.15) is 0 Å². The Hall–Kier alpha value is -1.10. The number of methoxy groups -OCH3 is 1. The Balaban J connectivity index is 1.61. The summed E-state index contributed by atoms with van der Waals surface area (Å²) in [5.74, 6) is -0.379. The van der Waals surface area contributed by atoms with Crippen molar-refractivity contribution in [2.45, 2.75) is 57.4 Å². The predicted molar refractivity (Wildman–Crippen MR) is 87.9 cm³/mol. The monoisotopic (exact) mass is 322 g/mol. The Morgan fingerprint density at radius 3 is 2.35 bits per heavy atom. The minimum Gasteiger partial charge on any atom is -0.469 e. The normalized spacial score (nSPS) is 32.7. The molecular weight excluding hydrogens is 292 g/mol. The Morgan fingerprint density at radius 1 is 0.870 bits per heavy atom. The summed E-state index contributed by atoms with van der Waals surface area (Å²) in [5, 5.41) is 0. The van der Waals surface area contributed by atoms with Crippen molar-refractivity contribution in [1.29, 1.82) is 0 Å². The van der Waals surface area contributed by atoms with Gasteiger partial charge in [0, 0.05) is 19.1 Å². The first-order valence-electron chi connectivity index (χ1n) is 9.31. The topological polar surface area (TPSA) is 49.9 Å². The molecule has 130 valence electrons.